The molecule has 7 heteroatoms. The Labute approximate surface area is 120 Å². The van der Waals surface area contributed by atoms with E-state index in [-0.39, 0.29) is 6.54 Å². The Kier molecular flexibility index (Phi) is 4.32. The second-order valence-electron chi connectivity index (χ2n) is 5.09. The molecule has 1 N–H and O–H groups in total. The SMILES string of the molecule is CC(C)c1ccc(Cn2nnc(CO)c2C(F)(F)F)cc1. The van der Waals surface area contributed by atoms with Crippen molar-refractivity contribution in [2.45, 2.75) is 39.1 Å². The van der Waals surface area contributed by atoms with Crippen molar-refractivity contribution in [3.05, 3.63) is 46.8 Å². The quantitative estimate of drug-likeness (QED) is 0.944. The Hall–Kier alpha value is -1.89. The molecule has 0 bridgehead atoms. The third-order valence-electron chi connectivity index (χ3n) is 3.20. The summed E-state index contributed by atoms with van der Waals surface area (Å²) in [7, 11) is 0. The molecular weight excluding hydrogens is 283 g/mol. The molecule has 0 spiro atoms. The molecule has 0 amide bonds. The molecule has 114 valence electrons. The van der Waals surface area contributed by atoms with Crippen LogP contribution >= 0.6 is 0 Å². The lowest BCUT2D eigenvalue weighted by Crippen LogP contribution is -2.17. The van der Waals surface area contributed by atoms with Gasteiger partial charge in [-0.05, 0) is 17.0 Å². The Bertz CT molecular complexity index is 603. The summed E-state index contributed by atoms with van der Waals surface area (Å²) in [6.45, 7) is 3.25. The van der Waals surface area contributed by atoms with Gasteiger partial charge in [0.05, 0.1) is 13.2 Å². The molecule has 0 unspecified atom stereocenters. The van der Waals surface area contributed by atoms with E-state index in [2.05, 4.69) is 10.3 Å². The van der Waals surface area contributed by atoms with Gasteiger partial charge in [-0.3, -0.25) is 0 Å². The highest BCUT2D eigenvalue weighted by atomic mass is 19.4. The maximum Gasteiger partial charge on any atom is 0.435 e. The summed E-state index contributed by atoms with van der Waals surface area (Å²) in [5.41, 5.74) is 0.350. The minimum Gasteiger partial charge on any atom is -0.390 e. The van der Waals surface area contributed by atoms with Crippen molar-refractivity contribution in [1.82, 2.24) is 15.0 Å². The third-order valence-corrected chi connectivity index (χ3v) is 3.20. The Balaban J connectivity index is 2.29. The zero-order chi connectivity index (χ0) is 15.6. The molecule has 2 aromatic rings. The summed E-state index contributed by atoms with van der Waals surface area (Å²) in [4.78, 5) is 0. The summed E-state index contributed by atoms with van der Waals surface area (Å²) in [5, 5.41) is 15.8. The van der Waals surface area contributed by atoms with E-state index >= 15 is 0 Å². The molecule has 21 heavy (non-hydrogen) atoms. The third kappa shape index (κ3) is 3.41. The van der Waals surface area contributed by atoms with Crippen molar-refractivity contribution < 1.29 is 18.3 Å². The summed E-state index contributed by atoms with van der Waals surface area (Å²) in [6.07, 6.45) is -4.60. The fourth-order valence-electron chi connectivity index (χ4n) is 2.06. The van der Waals surface area contributed by atoms with E-state index in [1.165, 1.54) is 0 Å². The van der Waals surface area contributed by atoms with Crippen LogP contribution in [0.25, 0.3) is 0 Å². The van der Waals surface area contributed by atoms with E-state index in [9.17, 15) is 13.2 Å². The van der Waals surface area contributed by atoms with Crippen molar-refractivity contribution in [2.24, 2.45) is 0 Å². The molecule has 0 saturated heterocycles. The van der Waals surface area contributed by atoms with Crippen molar-refractivity contribution >= 4 is 0 Å². The average Bonchev–Trinajstić information content (AvgIpc) is 2.82. The van der Waals surface area contributed by atoms with Crippen LogP contribution in [0, 0.1) is 0 Å². The number of aliphatic hydroxyl groups is 1. The van der Waals surface area contributed by atoms with E-state index in [1.807, 2.05) is 26.0 Å². The summed E-state index contributed by atoms with van der Waals surface area (Å²) < 4.78 is 39.7. The van der Waals surface area contributed by atoms with Crippen LogP contribution in [0.3, 0.4) is 0 Å². The summed E-state index contributed by atoms with van der Waals surface area (Å²) in [5.74, 6) is 0.358. The molecular formula is C14H16F3N3O. The maximum absolute atomic E-state index is 13.0. The maximum atomic E-state index is 13.0. The smallest absolute Gasteiger partial charge is 0.390 e. The van der Waals surface area contributed by atoms with Gasteiger partial charge in [0.15, 0.2) is 5.69 Å². The van der Waals surface area contributed by atoms with Gasteiger partial charge < -0.3 is 5.11 Å². The van der Waals surface area contributed by atoms with Gasteiger partial charge in [0.2, 0.25) is 0 Å². The van der Waals surface area contributed by atoms with E-state index < -0.39 is 24.2 Å². The minimum absolute atomic E-state index is 0.0414. The van der Waals surface area contributed by atoms with Crippen molar-refractivity contribution in [1.29, 1.82) is 0 Å². The van der Waals surface area contributed by atoms with Crippen molar-refractivity contribution in [3.8, 4) is 0 Å². The molecule has 2 rings (SSSR count). The van der Waals surface area contributed by atoms with E-state index in [1.54, 1.807) is 12.1 Å². The zero-order valence-electron chi connectivity index (χ0n) is 11.7. The van der Waals surface area contributed by atoms with Crippen LogP contribution in [0.2, 0.25) is 0 Å². The lowest BCUT2D eigenvalue weighted by molar-refractivity contribution is -0.145. The van der Waals surface area contributed by atoms with Crippen molar-refractivity contribution in [2.75, 3.05) is 0 Å². The molecule has 0 saturated carbocycles. The lowest BCUT2D eigenvalue weighted by atomic mass is 10.0. The van der Waals surface area contributed by atoms with Gasteiger partial charge in [-0.1, -0.05) is 43.3 Å². The predicted octanol–water partition coefficient (Wildman–Crippen LogP) is 2.96. The van der Waals surface area contributed by atoms with Crippen molar-refractivity contribution in [3.63, 3.8) is 0 Å². The van der Waals surface area contributed by atoms with Crippen LogP contribution in [0.15, 0.2) is 24.3 Å². The monoisotopic (exact) mass is 299 g/mol. The molecule has 1 aromatic carbocycles. The van der Waals surface area contributed by atoms with Gasteiger partial charge in [0, 0.05) is 0 Å². The van der Waals surface area contributed by atoms with Gasteiger partial charge in [-0.25, -0.2) is 4.68 Å². The molecule has 0 fully saturated rings. The van der Waals surface area contributed by atoms with E-state index in [4.69, 9.17) is 5.11 Å². The fourth-order valence-corrected chi connectivity index (χ4v) is 2.06. The van der Waals surface area contributed by atoms with Crippen LogP contribution in [0.4, 0.5) is 13.2 Å². The van der Waals surface area contributed by atoms with E-state index in [0.717, 1.165) is 10.2 Å². The number of alkyl halides is 3. The van der Waals surface area contributed by atoms with Crippen LogP contribution in [-0.4, -0.2) is 20.1 Å². The van der Waals surface area contributed by atoms with Gasteiger partial charge >= 0.3 is 6.18 Å². The molecule has 0 atom stereocenters. The van der Waals surface area contributed by atoms with Gasteiger partial charge in [-0.2, -0.15) is 13.2 Å². The second-order valence-corrected chi connectivity index (χ2v) is 5.09. The van der Waals surface area contributed by atoms with Gasteiger partial charge in [-0.15, -0.1) is 5.10 Å². The first-order valence-corrected chi connectivity index (χ1v) is 6.52. The zero-order valence-corrected chi connectivity index (χ0v) is 11.7. The Morgan fingerprint density at radius 2 is 1.81 bits per heavy atom. The number of hydrogen-bond acceptors (Lipinski definition) is 3. The number of hydrogen-bond donors (Lipinski definition) is 1. The molecule has 0 radical (unpaired) electrons. The molecule has 1 aromatic heterocycles. The van der Waals surface area contributed by atoms with Crippen LogP contribution in [0.5, 0.6) is 0 Å². The first-order chi connectivity index (χ1) is 9.82. The van der Waals surface area contributed by atoms with Gasteiger partial charge in [0.25, 0.3) is 0 Å². The first-order valence-electron chi connectivity index (χ1n) is 6.52. The number of nitrogens with zero attached hydrogens (tertiary/aromatic N) is 3. The number of halogens is 3. The Morgan fingerprint density at radius 3 is 2.29 bits per heavy atom. The Morgan fingerprint density at radius 1 is 1.19 bits per heavy atom. The predicted molar refractivity (Wildman–Crippen MR) is 70.6 cm³/mol. The highest BCUT2D eigenvalue weighted by Gasteiger charge is 2.39. The minimum atomic E-state index is -4.60. The highest BCUT2D eigenvalue weighted by molar-refractivity contribution is 5.25. The second kappa shape index (κ2) is 5.85. The standard InChI is InChI=1S/C14H16F3N3O/c1-9(2)11-5-3-10(4-6-11)7-20-13(14(15,16)17)12(8-21)18-19-20/h3-6,9,21H,7-8H2,1-2H3. The molecule has 4 nitrogen and oxygen atoms in total. The van der Waals surface area contributed by atoms with Crippen LogP contribution in [-0.2, 0) is 19.3 Å². The summed E-state index contributed by atoms with van der Waals surface area (Å²) in [6, 6.07) is 7.32. The summed E-state index contributed by atoms with van der Waals surface area (Å²) >= 11 is 0. The number of aliphatic hydroxyl groups excluding tert-OH is 1. The van der Waals surface area contributed by atoms with Crippen LogP contribution in [0.1, 0.15) is 42.3 Å². The average molecular weight is 299 g/mol. The first kappa shape index (κ1) is 15.5. The molecule has 1 heterocycles. The normalized spacial score (nSPS) is 12.1. The lowest BCUT2D eigenvalue weighted by Gasteiger charge is -2.11. The number of benzene rings is 1. The van der Waals surface area contributed by atoms with Crippen LogP contribution < -0.4 is 0 Å². The molecule has 0 aliphatic heterocycles. The number of aromatic nitrogens is 3. The molecule has 0 aliphatic rings. The number of rotatable bonds is 4. The highest BCUT2D eigenvalue weighted by Crippen LogP contribution is 2.31. The largest absolute Gasteiger partial charge is 0.435 e. The van der Waals surface area contributed by atoms with Gasteiger partial charge in [0.1, 0.15) is 5.69 Å². The van der Waals surface area contributed by atoms with E-state index in [0.29, 0.717) is 11.5 Å². The fraction of sp³-hybridized carbons (Fsp3) is 0.429. The molecule has 0 aliphatic carbocycles. The topological polar surface area (TPSA) is 50.9 Å².